The molecule has 1 amide bonds. The SMILES string of the molecule is COC(=O)c1cccc(NC(=O)c2cccc(S(=O)(=O)NC(C)(C)C)c2)c1. The molecule has 0 aliphatic carbocycles. The number of ether oxygens (including phenoxy) is 1. The number of amides is 1. The largest absolute Gasteiger partial charge is 0.465 e. The molecule has 0 heterocycles. The van der Waals surface area contributed by atoms with Gasteiger partial charge in [-0.3, -0.25) is 4.79 Å². The summed E-state index contributed by atoms with van der Waals surface area (Å²) in [5, 5.41) is 2.64. The average Bonchev–Trinajstić information content (AvgIpc) is 2.59. The maximum atomic E-state index is 12.5. The summed E-state index contributed by atoms with van der Waals surface area (Å²) in [4.78, 5) is 24.1. The molecular formula is C19H22N2O5S. The van der Waals surface area contributed by atoms with Crippen LogP contribution in [0.1, 0.15) is 41.5 Å². The van der Waals surface area contributed by atoms with Gasteiger partial charge in [-0.15, -0.1) is 0 Å². The molecule has 8 heteroatoms. The van der Waals surface area contributed by atoms with Crippen molar-refractivity contribution < 1.29 is 22.7 Å². The van der Waals surface area contributed by atoms with Gasteiger partial charge in [-0.25, -0.2) is 17.9 Å². The molecular weight excluding hydrogens is 368 g/mol. The van der Waals surface area contributed by atoms with Gasteiger partial charge in [-0.1, -0.05) is 12.1 Å². The van der Waals surface area contributed by atoms with Gasteiger partial charge < -0.3 is 10.1 Å². The van der Waals surface area contributed by atoms with Crippen LogP contribution in [0.5, 0.6) is 0 Å². The third-order valence-electron chi connectivity index (χ3n) is 3.39. The van der Waals surface area contributed by atoms with Crippen molar-refractivity contribution in [2.45, 2.75) is 31.2 Å². The fraction of sp³-hybridized carbons (Fsp3) is 0.263. The van der Waals surface area contributed by atoms with Crippen molar-refractivity contribution in [3.8, 4) is 0 Å². The maximum Gasteiger partial charge on any atom is 0.337 e. The van der Waals surface area contributed by atoms with Crippen LogP contribution < -0.4 is 10.0 Å². The molecule has 0 aromatic heterocycles. The Bertz CT molecular complexity index is 962. The first-order valence-electron chi connectivity index (χ1n) is 8.15. The monoisotopic (exact) mass is 390 g/mol. The highest BCUT2D eigenvalue weighted by Gasteiger charge is 2.22. The smallest absolute Gasteiger partial charge is 0.337 e. The predicted molar refractivity (Wildman–Crippen MR) is 102 cm³/mol. The van der Waals surface area contributed by atoms with Gasteiger partial charge in [-0.2, -0.15) is 0 Å². The summed E-state index contributed by atoms with van der Waals surface area (Å²) < 4.78 is 32.1. The minimum Gasteiger partial charge on any atom is -0.465 e. The molecule has 0 aliphatic heterocycles. The Morgan fingerprint density at radius 3 is 2.22 bits per heavy atom. The molecule has 27 heavy (non-hydrogen) atoms. The second-order valence-electron chi connectivity index (χ2n) is 6.91. The Balaban J connectivity index is 2.25. The average molecular weight is 390 g/mol. The van der Waals surface area contributed by atoms with Crippen LogP contribution in [0.2, 0.25) is 0 Å². The topological polar surface area (TPSA) is 102 Å². The Morgan fingerprint density at radius 2 is 1.59 bits per heavy atom. The van der Waals surface area contributed by atoms with Crippen molar-refractivity contribution in [3.63, 3.8) is 0 Å². The molecule has 0 atom stereocenters. The standard InChI is InChI=1S/C19H22N2O5S/c1-19(2,3)21-27(24,25)16-10-6-7-13(12-16)17(22)20-15-9-5-8-14(11-15)18(23)26-4/h5-12,21H,1-4H3,(H,20,22). The molecule has 0 saturated heterocycles. The van der Waals surface area contributed by atoms with Crippen molar-refractivity contribution in [1.82, 2.24) is 4.72 Å². The van der Waals surface area contributed by atoms with Gasteiger partial charge in [0.05, 0.1) is 17.6 Å². The quantitative estimate of drug-likeness (QED) is 0.765. The molecule has 2 aromatic carbocycles. The van der Waals surface area contributed by atoms with Crippen LogP contribution in [0.3, 0.4) is 0 Å². The first-order chi connectivity index (χ1) is 12.5. The Labute approximate surface area is 158 Å². The van der Waals surface area contributed by atoms with Crippen LogP contribution in [-0.2, 0) is 14.8 Å². The van der Waals surface area contributed by atoms with Gasteiger partial charge >= 0.3 is 5.97 Å². The van der Waals surface area contributed by atoms with Crippen LogP contribution >= 0.6 is 0 Å². The van der Waals surface area contributed by atoms with E-state index in [9.17, 15) is 18.0 Å². The normalized spacial score (nSPS) is 11.7. The summed E-state index contributed by atoms with van der Waals surface area (Å²) in [5.41, 5.74) is 0.214. The molecule has 0 fully saturated rings. The van der Waals surface area contributed by atoms with E-state index in [1.54, 1.807) is 39.0 Å². The number of esters is 1. The highest BCUT2D eigenvalue weighted by atomic mass is 32.2. The van der Waals surface area contributed by atoms with Gasteiger partial charge in [0.25, 0.3) is 5.91 Å². The number of carbonyl (C=O) groups excluding carboxylic acids is 2. The number of rotatable bonds is 5. The maximum absolute atomic E-state index is 12.5. The third kappa shape index (κ3) is 5.63. The van der Waals surface area contributed by atoms with E-state index < -0.39 is 27.4 Å². The summed E-state index contributed by atoms with van der Waals surface area (Å²) >= 11 is 0. The third-order valence-corrected chi connectivity index (χ3v) is 5.14. The Hall–Kier alpha value is -2.71. The zero-order valence-corrected chi connectivity index (χ0v) is 16.4. The number of methoxy groups -OCH3 is 1. The number of carbonyl (C=O) groups is 2. The lowest BCUT2D eigenvalue weighted by Crippen LogP contribution is -2.40. The van der Waals surface area contributed by atoms with Crippen LogP contribution in [0.15, 0.2) is 53.4 Å². The molecule has 0 bridgehead atoms. The highest BCUT2D eigenvalue weighted by molar-refractivity contribution is 7.89. The molecule has 0 spiro atoms. The first kappa shape index (κ1) is 20.6. The van der Waals surface area contributed by atoms with E-state index in [2.05, 4.69) is 14.8 Å². The van der Waals surface area contributed by atoms with E-state index in [0.29, 0.717) is 11.3 Å². The number of hydrogen-bond acceptors (Lipinski definition) is 5. The number of sulfonamides is 1. The minimum atomic E-state index is -3.76. The fourth-order valence-electron chi connectivity index (χ4n) is 2.31. The van der Waals surface area contributed by atoms with E-state index >= 15 is 0 Å². The molecule has 0 saturated carbocycles. The summed E-state index contributed by atoms with van der Waals surface area (Å²) in [5.74, 6) is -1.02. The first-order valence-corrected chi connectivity index (χ1v) is 9.64. The van der Waals surface area contributed by atoms with Gasteiger partial charge in [0.2, 0.25) is 10.0 Å². The van der Waals surface area contributed by atoms with E-state index in [1.165, 1.54) is 37.4 Å². The zero-order valence-electron chi connectivity index (χ0n) is 15.6. The number of nitrogens with one attached hydrogen (secondary N) is 2. The van der Waals surface area contributed by atoms with E-state index in [0.717, 1.165) is 0 Å². The summed E-state index contributed by atoms with van der Waals surface area (Å²) in [6, 6.07) is 12.0. The lowest BCUT2D eigenvalue weighted by atomic mass is 10.1. The van der Waals surface area contributed by atoms with Gasteiger partial charge in [0.1, 0.15) is 0 Å². The van der Waals surface area contributed by atoms with Crippen molar-refractivity contribution in [3.05, 3.63) is 59.7 Å². The van der Waals surface area contributed by atoms with E-state index in [4.69, 9.17) is 0 Å². The fourth-order valence-corrected chi connectivity index (χ4v) is 3.78. The van der Waals surface area contributed by atoms with Crippen LogP contribution in [-0.4, -0.2) is 32.9 Å². The lowest BCUT2D eigenvalue weighted by molar-refractivity contribution is 0.0600. The molecule has 2 aromatic rings. The van der Waals surface area contributed by atoms with Crippen molar-refractivity contribution in [2.24, 2.45) is 0 Å². The molecule has 7 nitrogen and oxygen atoms in total. The molecule has 2 rings (SSSR count). The molecule has 2 N–H and O–H groups in total. The van der Waals surface area contributed by atoms with Crippen molar-refractivity contribution in [1.29, 1.82) is 0 Å². The summed E-state index contributed by atoms with van der Waals surface area (Å²) in [7, 11) is -2.49. The van der Waals surface area contributed by atoms with Gasteiger partial charge in [0.15, 0.2) is 0 Å². The van der Waals surface area contributed by atoms with Crippen molar-refractivity contribution >= 4 is 27.6 Å². The highest BCUT2D eigenvalue weighted by Crippen LogP contribution is 2.17. The second-order valence-corrected chi connectivity index (χ2v) is 8.59. The molecule has 144 valence electrons. The Morgan fingerprint density at radius 1 is 0.963 bits per heavy atom. The van der Waals surface area contributed by atoms with Crippen LogP contribution in [0.4, 0.5) is 5.69 Å². The number of anilines is 1. The van der Waals surface area contributed by atoms with Gasteiger partial charge in [-0.05, 0) is 57.2 Å². The molecule has 0 aliphatic rings. The lowest BCUT2D eigenvalue weighted by Gasteiger charge is -2.20. The minimum absolute atomic E-state index is 0.00612. The summed E-state index contributed by atoms with van der Waals surface area (Å²) in [6.45, 7) is 5.19. The summed E-state index contributed by atoms with van der Waals surface area (Å²) in [6.07, 6.45) is 0. The van der Waals surface area contributed by atoms with Crippen LogP contribution in [0.25, 0.3) is 0 Å². The zero-order chi connectivity index (χ0) is 20.2. The molecule has 0 radical (unpaired) electrons. The van der Waals surface area contributed by atoms with Crippen molar-refractivity contribution in [2.75, 3.05) is 12.4 Å². The number of benzene rings is 2. The Kier molecular flexibility index (Phi) is 6.02. The van der Waals surface area contributed by atoms with Crippen LogP contribution in [0, 0.1) is 0 Å². The van der Waals surface area contributed by atoms with E-state index in [1.807, 2.05) is 0 Å². The van der Waals surface area contributed by atoms with E-state index in [-0.39, 0.29) is 10.5 Å². The second kappa shape index (κ2) is 7.89. The number of hydrogen-bond donors (Lipinski definition) is 2. The van der Waals surface area contributed by atoms with Gasteiger partial charge in [0, 0.05) is 16.8 Å². The molecule has 0 unspecified atom stereocenters. The predicted octanol–water partition coefficient (Wildman–Crippen LogP) is 2.80.